The topological polar surface area (TPSA) is 59.3 Å². The Morgan fingerprint density at radius 2 is 1.86 bits per heavy atom. The summed E-state index contributed by atoms with van der Waals surface area (Å²) in [4.78, 5) is 12.5. The van der Waals surface area contributed by atoms with Gasteiger partial charge in [-0.1, -0.05) is 59.3 Å². The van der Waals surface area contributed by atoms with Crippen molar-refractivity contribution in [3.8, 4) is 17.2 Å². The van der Waals surface area contributed by atoms with Gasteiger partial charge in [0.05, 0.1) is 24.3 Å². The molecule has 3 unspecified atom stereocenters. The number of rotatable bonds is 4. The Morgan fingerprint density at radius 1 is 1.11 bits per heavy atom. The van der Waals surface area contributed by atoms with E-state index in [-0.39, 0.29) is 17.8 Å². The first-order chi connectivity index (χ1) is 17.5. The van der Waals surface area contributed by atoms with Gasteiger partial charge in [-0.25, -0.2) is 4.79 Å². The highest BCUT2D eigenvalue weighted by Gasteiger charge is 2.39. The molecule has 1 aliphatic carbocycles. The SMILES string of the molecule is COC(=O)c1ccc2c(c1)C(C)C(C(c1ccccc1)C1CCOCC1)Cc1cc(Br)cc(C#N)c1-2. The maximum atomic E-state index is 12.5. The Labute approximate surface area is 221 Å². The predicted molar refractivity (Wildman–Crippen MR) is 144 cm³/mol. The fraction of sp³-hybridized carbons (Fsp3) is 0.355. The lowest BCUT2D eigenvalue weighted by atomic mass is 9.67. The Hall–Kier alpha value is -2.94. The molecule has 0 radical (unpaired) electrons. The van der Waals surface area contributed by atoms with Crippen LogP contribution in [0.3, 0.4) is 0 Å². The van der Waals surface area contributed by atoms with E-state index >= 15 is 0 Å². The van der Waals surface area contributed by atoms with E-state index in [0.717, 1.165) is 53.6 Å². The van der Waals surface area contributed by atoms with Crippen molar-refractivity contribution in [1.82, 2.24) is 0 Å². The molecule has 5 heteroatoms. The number of nitriles is 1. The zero-order valence-electron chi connectivity index (χ0n) is 20.7. The van der Waals surface area contributed by atoms with E-state index in [9.17, 15) is 10.1 Å². The van der Waals surface area contributed by atoms with Crippen molar-refractivity contribution in [3.63, 3.8) is 0 Å². The summed E-state index contributed by atoms with van der Waals surface area (Å²) < 4.78 is 11.7. The second kappa shape index (κ2) is 10.6. The Kier molecular flexibility index (Phi) is 7.27. The lowest BCUT2D eigenvalue weighted by Crippen LogP contribution is -2.31. The van der Waals surface area contributed by atoms with Gasteiger partial charge in [-0.05, 0) is 89.5 Å². The summed E-state index contributed by atoms with van der Waals surface area (Å²) in [5.74, 6) is 0.936. The van der Waals surface area contributed by atoms with E-state index < -0.39 is 0 Å². The number of carbonyl (C=O) groups excluding carboxylic acids is 1. The largest absolute Gasteiger partial charge is 0.465 e. The molecular weight excluding hydrogens is 514 g/mol. The summed E-state index contributed by atoms with van der Waals surface area (Å²) in [6, 6.07) is 23.2. The van der Waals surface area contributed by atoms with Crippen molar-refractivity contribution in [1.29, 1.82) is 5.26 Å². The van der Waals surface area contributed by atoms with Crippen molar-refractivity contribution < 1.29 is 14.3 Å². The highest BCUT2D eigenvalue weighted by Crippen LogP contribution is 2.51. The normalized spacial score (nSPS) is 20.4. The number of carbonyl (C=O) groups is 1. The monoisotopic (exact) mass is 543 g/mol. The van der Waals surface area contributed by atoms with Crippen LogP contribution in [-0.2, 0) is 15.9 Å². The Balaban J connectivity index is 1.74. The minimum Gasteiger partial charge on any atom is -0.465 e. The molecule has 1 fully saturated rings. The van der Waals surface area contributed by atoms with Crippen LogP contribution in [-0.4, -0.2) is 26.3 Å². The molecule has 0 spiro atoms. The molecule has 1 saturated heterocycles. The highest BCUT2D eigenvalue weighted by atomic mass is 79.9. The van der Waals surface area contributed by atoms with Crippen LogP contribution in [0.2, 0.25) is 0 Å². The lowest BCUT2D eigenvalue weighted by molar-refractivity contribution is 0.0479. The van der Waals surface area contributed by atoms with E-state index in [4.69, 9.17) is 9.47 Å². The average molecular weight is 544 g/mol. The van der Waals surface area contributed by atoms with Gasteiger partial charge in [0.25, 0.3) is 0 Å². The fourth-order valence-electron chi connectivity index (χ4n) is 6.36. The summed E-state index contributed by atoms with van der Waals surface area (Å²) in [5.41, 5.74) is 6.86. The van der Waals surface area contributed by atoms with E-state index in [1.54, 1.807) is 0 Å². The van der Waals surface area contributed by atoms with Crippen LogP contribution in [0, 0.1) is 23.2 Å². The molecule has 3 aromatic carbocycles. The van der Waals surface area contributed by atoms with Gasteiger partial charge in [-0.3, -0.25) is 0 Å². The quantitative estimate of drug-likeness (QED) is 0.325. The molecule has 0 bridgehead atoms. The maximum Gasteiger partial charge on any atom is 0.337 e. The molecule has 0 saturated carbocycles. The third kappa shape index (κ3) is 4.61. The molecule has 4 nitrogen and oxygen atoms in total. The number of hydrogen-bond acceptors (Lipinski definition) is 4. The van der Waals surface area contributed by atoms with Crippen LogP contribution in [0.25, 0.3) is 11.1 Å². The highest BCUT2D eigenvalue weighted by molar-refractivity contribution is 9.10. The van der Waals surface area contributed by atoms with Crippen LogP contribution < -0.4 is 0 Å². The van der Waals surface area contributed by atoms with Crippen LogP contribution in [0.1, 0.15) is 64.2 Å². The minimum atomic E-state index is -0.341. The first kappa shape index (κ1) is 24.7. The standard InChI is InChI=1S/C31H30BrNO3/c1-19-27-16-22(31(34)35-2)8-9-26(27)30-23(14-25(32)15-24(30)18-33)17-28(19)29(20-6-4-3-5-7-20)21-10-12-36-13-11-21/h3-9,14-16,19,21,28-29H,10-13,17H2,1-2H3. The van der Waals surface area contributed by atoms with E-state index in [2.05, 4.69) is 65.3 Å². The van der Waals surface area contributed by atoms with Crippen LogP contribution in [0.5, 0.6) is 0 Å². The van der Waals surface area contributed by atoms with Gasteiger partial charge in [0.15, 0.2) is 0 Å². The molecule has 1 aliphatic heterocycles. The molecular formula is C31H30BrNO3. The minimum absolute atomic E-state index is 0.162. The first-order valence-electron chi connectivity index (χ1n) is 12.6. The first-order valence-corrected chi connectivity index (χ1v) is 13.4. The van der Waals surface area contributed by atoms with E-state index in [0.29, 0.717) is 23.0 Å². The summed E-state index contributed by atoms with van der Waals surface area (Å²) >= 11 is 3.65. The molecule has 1 heterocycles. The molecule has 0 aromatic heterocycles. The maximum absolute atomic E-state index is 12.5. The molecule has 0 amide bonds. The zero-order chi connectivity index (χ0) is 25.2. The number of fused-ring (bicyclic) bond motifs is 3. The van der Waals surface area contributed by atoms with Gasteiger partial charge in [-0.2, -0.15) is 5.26 Å². The lowest BCUT2D eigenvalue weighted by Gasteiger charge is -2.39. The van der Waals surface area contributed by atoms with E-state index in [1.807, 2.05) is 24.3 Å². The summed E-state index contributed by atoms with van der Waals surface area (Å²) in [6.07, 6.45) is 2.92. The van der Waals surface area contributed by atoms with Crippen molar-refractivity contribution in [2.45, 2.75) is 38.0 Å². The third-order valence-electron chi connectivity index (χ3n) is 8.06. The predicted octanol–water partition coefficient (Wildman–Crippen LogP) is 7.26. The van der Waals surface area contributed by atoms with Crippen molar-refractivity contribution >= 4 is 21.9 Å². The van der Waals surface area contributed by atoms with Crippen LogP contribution in [0.4, 0.5) is 0 Å². The molecule has 5 rings (SSSR count). The summed E-state index contributed by atoms with van der Waals surface area (Å²) in [6.45, 7) is 3.87. The van der Waals surface area contributed by atoms with Crippen LogP contribution >= 0.6 is 15.9 Å². The van der Waals surface area contributed by atoms with E-state index in [1.165, 1.54) is 18.2 Å². The molecule has 3 atom stereocenters. The van der Waals surface area contributed by atoms with Crippen molar-refractivity contribution in [3.05, 3.63) is 93.0 Å². The number of esters is 1. The zero-order valence-corrected chi connectivity index (χ0v) is 22.3. The average Bonchev–Trinajstić information content (AvgIpc) is 3.03. The Morgan fingerprint density at radius 3 is 2.56 bits per heavy atom. The van der Waals surface area contributed by atoms with Gasteiger partial charge < -0.3 is 9.47 Å². The van der Waals surface area contributed by atoms with Crippen LogP contribution in [0.15, 0.2) is 65.1 Å². The number of nitrogens with zero attached hydrogens (tertiary/aromatic N) is 1. The molecule has 0 N–H and O–H groups in total. The van der Waals surface area contributed by atoms with Gasteiger partial charge in [0, 0.05) is 23.2 Å². The summed E-state index contributed by atoms with van der Waals surface area (Å²) in [7, 11) is 1.41. The van der Waals surface area contributed by atoms with Gasteiger partial charge in [0.1, 0.15) is 0 Å². The third-order valence-corrected chi connectivity index (χ3v) is 8.51. The van der Waals surface area contributed by atoms with Gasteiger partial charge in [-0.15, -0.1) is 0 Å². The number of ether oxygens (including phenoxy) is 2. The van der Waals surface area contributed by atoms with Gasteiger partial charge in [0.2, 0.25) is 0 Å². The molecule has 36 heavy (non-hydrogen) atoms. The number of methoxy groups -OCH3 is 1. The molecule has 2 aliphatic rings. The second-order valence-electron chi connectivity index (χ2n) is 9.94. The number of halogens is 1. The second-order valence-corrected chi connectivity index (χ2v) is 10.9. The number of hydrogen-bond donors (Lipinski definition) is 0. The molecule has 3 aromatic rings. The smallest absolute Gasteiger partial charge is 0.337 e. The van der Waals surface area contributed by atoms with Gasteiger partial charge >= 0.3 is 5.97 Å². The van der Waals surface area contributed by atoms with Crippen molar-refractivity contribution in [2.24, 2.45) is 11.8 Å². The fourth-order valence-corrected chi connectivity index (χ4v) is 6.87. The summed E-state index contributed by atoms with van der Waals surface area (Å²) in [5, 5.41) is 10.1. The van der Waals surface area contributed by atoms with Crippen molar-refractivity contribution in [2.75, 3.05) is 20.3 Å². The number of benzene rings is 3. The molecule has 184 valence electrons. The Bertz CT molecular complexity index is 1310.